The van der Waals surface area contributed by atoms with Crippen LogP contribution in [-0.4, -0.2) is 35.2 Å². The van der Waals surface area contributed by atoms with E-state index in [-0.39, 0.29) is 18.1 Å². The van der Waals surface area contributed by atoms with E-state index in [1.54, 1.807) is 7.11 Å². The molecule has 32 heavy (non-hydrogen) atoms. The number of ether oxygens (including phenoxy) is 3. The number of carbonyl (C=O) groups is 1. The fourth-order valence-electron chi connectivity index (χ4n) is 4.34. The standard InChI is InChI=1S/C26H36N2O4/c1-16(2)23-21-10-9-20(31-15-22-18(4)24(30-8)17(3)14-27-22)13-19(21)11-12-28(23)25(29)32-26(5,6)7/h9-10,13-14,16,23H,11-12,15H2,1-8H3/t23-/m0/s1. The molecule has 1 aromatic carbocycles. The summed E-state index contributed by atoms with van der Waals surface area (Å²) >= 11 is 0. The van der Waals surface area contributed by atoms with E-state index < -0.39 is 5.60 Å². The largest absolute Gasteiger partial charge is 0.496 e. The molecule has 1 aliphatic heterocycles. The second-order valence-electron chi connectivity index (χ2n) is 9.81. The average Bonchev–Trinajstić information content (AvgIpc) is 2.71. The molecular weight excluding hydrogens is 404 g/mol. The Morgan fingerprint density at radius 3 is 2.59 bits per heavy atom. The fraction of sp³-hybridized carbons (Fsp3) is 0.538. The van der Waals surface area contributed by atoms with Crippen molar-refractivity contribution in [3.05, 3.63) is 52.3 Å². The zero-order valence-corrected chi connectivity index (χ0v) is 20.6. The number of amides is 1. The van der Waals surface area contributed by atoms with E-state index >= 15 is 0 Å². The number of hydrogen-bond acceptors (Lipinski definition) is 5. The van der Waals surface area contributed by atoms with Gasteiger partial charge >= 0.3 is 6.09 Å². The summed E-state index contributed by atoms with van der Waals surface area (Å²) in [5.41, 5.74) is 4.74. The number of nitrogens with zero attached hydrogens (tertiary/aromatic N) is 2. The van der Waals surface area contributed by atoms with Crippen molar-refractivity contribution in [1.82, 2.24) is 9.88 Å². The molecule has 0 fully saturated rings. The second-order valence-corrected chi connectivity index (χ2v) is 9.81. The van der Waals surface area contributed by atoms with Gasteiger partial charge in [-0.15, -0.1) is 0 Å². The quantitative estimate of drug-likeness (QED) is 0.590. The molecule has 2 aromatic rings. The SMILES string of the molecule is COc1c(C)cnc(COc2ccc3c(c2)CCN(C(=O)OC(C)(C)C)[C@H]3C(C)C)c1C. The Kier molecular flexibility index (Phi) is 7.01. The molecule has 0 bridgehead atoms. The van der Waals surface area contributed by atoms with Crippen molar-refractivity contribution in [2.24, 2.45) is 5.92 Å². The molecule has 0 unspecified atom stereocenters. The van der Waals surface area contributed by atoms with E-state index in [0.717, 1.165) is 40.3 Å². The molecule has 6 nitrogen and oxygen atoms in total. The van der Waals surface area contributed by atoms with E-state index in [1.165, 1.54) is 5.56 Å². The molecule has 174 valence electrons. The van der Waals surface area contributed by atoms with Gasteiger partial charge in [0.25, 0.3) is 0 Å². The third kappa shape index (κ3) is 5.17. The maximum Gasteiger partial charge on any atom is 0.410 e. The summed E-state index contributed by atoms with van der Waals surface area (Å²) in [4.78, 5) is 19.2. The van der Waals surface area contributed by atoms with Crippen LogP contribution in [0.4, 0.5) is 4.79 Å². The van der Waals surface area contributed by atoms with Crippen molar-refractivity contribution >= 4 is 6.09 Å². The molecule has 1 atom stereocenters. The van der Waals surface area contributed by atoms with Crippen LogP contribution in [0.1, 0.15) is 68.6 Å². The molecule has 1 aromatic heterocycles. The number of fused-ring (bicyclic) bond motifs is 1. The first kappa shape index (κ1) is 23.9. The number of rotatable bonds is 5. The molecule has 2 heterocycles. The summed E-state index contributed by atoms with van der Waals surface area (Å²) in [6.45, 7) is 15.0. The van der Waals surface area contributed by atoms with Crippen molar-refractivity contribution in [2.45, 2.75) is 73.1 Å². The van der Waals surface area contributed by atoms with Gasteiger partial charge < -0.3 is 19.1 Å². The highest BCUT2D eigenvalue weighted by atomic mass is 16.6. The minimum Gasteiger partial charge on any atom is -0.496 e. The number of hydrogen-bond donors (Lipinski definition) is 0. The van der Waals surface area contributed by atoms with Crippen LogP contribution in [-0.2, 0) is 17.8 Å². The van der Waals surface area contributed by atoms with Gasteiger partial charge in [0, 0.05) is 23.9 Å². The van der Waals surface area contributed by atoms with Crippen LogP contribution in [0.15, 0.2) is 24.4 Å². The first-order valence-electron chi connectivity index (χ1n) is 11.3. The van der Waals surface area contributed by atoms with E-state index in [1.807, 2.05) is 51.8 Å². The van der Waals surface area contributed by atoms with E-state index in [2.05, 4.69) is 31.0 Å². The smallest absolute Gasteiger partial charge is 0.410 e. The van der Waals surface area contributed by atoms with Crippen molar-refractivity contribution in [1.29, 1.82) is 0 Å². The second kappa shape index (κ2) is 9.39. The van der Waals surface area contributed by atoms with Gasteiger partial charge in [0.2, 0.25) is 0 Å². The number of carbonyl (C=O) groups excluding carboxylic acids is 1. The van der Waals surface area contributed by atoms with Gasteiger partial charge in [-0.25, -0.2) is 4.79 Å². The topological polar surface area (TPSA) is 60.9 Å². The molecule has 0 saturated carbocycles. The van der Waals surface area contributed by atoms with Crippen LogP contribution in [0.2, 0.25) is 0 Å². The highest BCUT2D eigenvalue weighted by molar-refractivity contribution is 5.69. The molecule has 0 spiro atoms. The van der Waals surface area contributed by atoms with Gasteiger partial charge in [-0.05, 0) is 70.2 Å². The predicted molar refractivity (Wildman–Crippen MR) is 125 cm³/mol. The Morgan fingerprint density at radius 1 is 1.25 bits per heavy atom. The van der Waals surface area contributed by atoms with E-state index in [4.69, 9.17) is 14.2 Å². The van der Waals surface area contributed by atoms with Crippen molar-refractivity contribution in [3.63, 3.8) is 0 Å². The summed E-state index contributed by atoms with van der Waals surface area (Å²) in [7, 11) is 1.68. The van der Waals surface area contributed by atoms with E-state index in [9.17, 15) is 4.79 Å². The first-order chi connectivity index (χ1) is 15.0. The van der Waals surface area contributed by atoms with Gasteiger partial charge in [-0.2, -0.15) is 0 Å². The lowest BCUT2D eigenvalue weighted by molar-refractivity contribution is 0.00876. The minimum absolute atomic E-state index is 0.0204. The lowest BCUT2D eigenvalue weighted by Crippen LogP contribution is -2.44. The zero-order valence-electron chi connectivity index (χ0n) is 20.6. The summed E-state index contributed by atoms with van der Waals surface area (Å²) in [6.07, 6.45) is 2.33. The molecule has 6 heteroatoms. The minimum atomic E-state index is -0.512. The Morgan fingerprint density at radius 2 is 1.97 bits per heavy atom. The molecule has 0 N–H and O–H groups in total. The number of aryl methyl sites for hydroxylation is 1. The summed E-state index contributed by atoms with van der Waals surface area (Å²) in [6, 6.07) is 6.14. The lowest BCUT2D eigenvalue weighted by atomic mass is 9.86. The average molecular weight is 441 g/mol. The zero-order chi connectivity index (χ0) is 23.6. The number of aromatic nitrogens is 1. The van der Waals surface area contributed by atoms with Crippen LogP contribution in [0, 0.1) is 19.8 Å². The van der Waals surface area contributed by atoms with Gasteiger partial charge in [0.05, 0.1) is 18.8 Å². The van der Waals surface area contributed by atoms with Crippen LogP contribution < -0.4 is 9.47 Å². The molecule has 0 saturated heterocycles. The van der Waals surface area contributed by atoms with Gasteiger partial charge in [-0.1, -0.05) is 19.9 Å². The van der Waals surface area contributed by atoms with Gasteiger partial charge in [0.15, 0.2) is 0 Å². The number of pyridine rings is 1. The van der Waals surface area contributed by atoms with Crippen LogP contribution >= 0.6 is 0 Å². The molecule has 3 rings (SSSR count). The van der Waals surface area contributed by atoms with Crippen LogP contribution in [0.25, 0.3) is 0 Å². The fourth-order valence-corrected chi connectivity index (χ4v) is 4.34. The summed E-state index contributed by atoms with van der Waals surface area (Å²) in [5, 5.41) is 0. The molecule has 1 aliphatic rings. The molecular formula is C26H36N2O4. The Bertz CT molecular complexity index is 979. The Balaban J connectivity index is 1.79. The predicted octanol–water partition coefficient (Wildman–Crippen LogP) is 5.78. The van der Waals surface area contributed by atoms with Gasteiger partial charge in [-0.3, -0.25) is 4.98 Å². The van der Waals surface area contributed by atoms with Crippen molar-refractivity contribution in [2.75, 3.05) is 13.7 Å². The third-order valence-corrected chi connectivity index (χ3v) is 5.78. The van der Waals surface area contributed by atoms with Crippen molar-refractivity contribution < 1.29 is 19.0 Å². The highest BCUT2D eigenvalue weighted by Gasteiger charge is 2.35. The normalized spacial score (nSPS) is 16.0. The van der Waals surface area contributed by atoms with Crippen LogP contribution in [0.3, 0.4) is 0 Å². The third-order valence-electron chi connectivity index (χ3n) is 5.78. The Hall–Kier alpha value is -2.76. The Labute approximate surface area is 191 Å². The molecule has 0 radical (unpaired) electrons. The van der Waals surface area contributed by atoms with Crippen LogP contribution in [0.5, 0.6) is 11.5 Å². The van der Waals surface area contributed by atoms with Gasteiger partial charge in [0.1, 0.15) is 23.7 Å². The first-order valence-corrected chi connectivity index (χ1v) is 11.3. The molecule has 1 amide bonds. The van der Waals surface area contributed by atoms with E-state index in [0.29, 0.717) is 13.2 Å². The summed E-state index contributed by atoms with van der Waals surface area (Å²) in [5.74, 6) is 1.92. The monoisotopic (exact) mass is 440 g/mol. The van der Waals surface area contributed by atoms with Crippen molar-refractivity contribution in [3.8, 4) is 11.5 Å². The summed E-state index contributed by atoms with van der Waals surface area (Å²) < 4.78 is 17.3. The number of benzene rings is 1. The maximum absolute atomic E-state index is 12.8. The highest BCUT2D eigenvalue weighted by Crippen LogP contribution is 2.38. The number of methoxy groups -OCH3 is 1. The lowest BCUT2D eigenvalue weighted by Gasteiger charge is -2.40. The molecule has 0 aliphatic carbocycles. The maximum atomic E-state index is 12.8.